The second-order valence-electron chi connectivity index (χ2n) is 12.5. The Morgan fingerprint density at radius 2 is 1.30 bits per heavy atom. The van der Waals surface area contributed by atoms with Crippen molar-refractivity contribution in [3.8, 4) is 0 Å². The first-order chi connectivity index (χ1) is 24.6. The SMILES string of the molecule is COC(=O)NC(C(=O)NC[C@@H](O)CN(Cc1c(F)cc(/C(C=N)=C/NC(F)F)cc1F)NC(=O)[C@@H](NC(=O)OC)C(C)(C)C(F)(F)F)C(C)(C)C(F)(F)F. The number of hydrogen-bond acceptors (Lipinski definition) is 10. The normalized spacial score (nSPS) is 14.5. The molecule has 0 saturated carbocycles. The number of ether oxygens (including phenoxy) is 2. The maximum Gasteiger partial charge on any atom is 0.407 e. The summed E-state index contributed by atoms with van der Waals surface area (Å²) in [6.07, 6.45) is -14.2. The number of alkyl halides is 8. The molecule has 1 unspecified atom stereocenters. The van der Waals surface area contributed by atoms with Gasteiger partial charge in [0.1, 0.15) is 23.7 Å². The molecule has 14 nitrogen and oxygen atoms in total. The Kier molecular flexibility index (Phi) is 16.5. The van der Waals surface area contributed by atoms with Crippen LogP contribution in [0.1, 0.15) is 38.8 Å². The highest BCUT2D eigenvalue weighted by Gasteiger charge is 2.57. The van der Waals surface area contributed by atoms with Gasteiger partial charge in [-0.25, -0.2) is 23.4 Å². The summed E-state index contributed by atoms with van der Waals surface area (Å²) in [4.78, 5) is 49.8. The fourth-order valence-electron chi connectivity index (χ4n) is 4.31. The Balaban J connectivity index is 3.60. The number of methoxy groups -OCH3 is 2. The van der Waals surface area contributed by atoms with Gasteiger partial charge in [-0.15, -0.1) is 0 Å². The fraction of sp³-hybridized carbons (Fsp3) is 0.567. The number of aliphatic hydroxyl groups is 1. The van der Waals surface area contributed by atoms with E-state index >= 15 is 8.78 Å². The molecule has 0 aliphatic carbocycles. The average Bonchev–Trinajstić information content (AvgIpc) is 3.04. The molecule has 1 aromatic rings. The summed E-state index contributed by atoms with van der Waals surface area (Å²) in [5.41, 5.74) is -5.95. The number of benzene rings is 1. The van der Waals surface area contributed by atoms with Gasteiger partial charge in [-0.3, -0.25) is 15.0 Å². The molecule has 0 spiro atoms. The number of carbonyl (C=O) groups is 4. The summed E-state index contributed by atoms with van der Waals surface area (Å²) in [7, 11) is 1.56. The number of hydrogen-bond donors (Lipinski definition) is 7. The molecule has 0 radical (unpaired) electrons. The molecule has 1 aromatic carbocycles. The number of carbonyl (C=O) groups excluding carboxylic acids is 4. The smallest absolute Gasteiger partial charge is 0.407 e. The largest absolute Gasteiger partial charge is 0.453 e. The van der Waals surface area contributed by atoms with Crippen LogP contribution in [-0.4, -0.2) is 105 Å². The average molecular weight is 800 g/mol. The number of halogens is 10. The second kappa shape index (κ2) is 18.9. The van der Waals surface area contributed by atoms with Crippen molar-refractivity contribution in [2.24, 2.45) is 10.8 Å². The van der Waals surface area contributed by atoms with Gasteiger partial charge in [-0.2, -0.15) is 35.1 Å². The Morgan fingerprint density at radius 3 is 1.69 bits per heavy atom. The zero-order valence-corrected chi connectivity index (χ0v) is 29.4. The highest BCUT2D eigenvalue weighted by atomic mass is 19.4. The van der Waals surface area contributed by atoms with Crippen molar-refractivity contribution in [3.63, 3.8) is 0 Å². The molecule has 7 N–H and O–H groups in total. The lowest BCUT2D eigenvalue weighted by Crippen LogP contribution is -2.62. The van der Waals surface area contributed by atoms with Gasteiger partial charge in [0.2, 0.25) is 5.91 Å². The van der Waals surface area contributed by atoms with E-state index in [4.69, 9.17) is 5.41 Å². The van der Waals surface area contributed by atoms with Gasteiger partial charge in [0.25, 0.3) is 5.91 Å². The number of alkyl carbamates (subject to hydrolysis) is 2. The third-order valence-electron chi connectivity index (χ3n) is 7.88. The molecule has 306 valence electrons. The number of amides is 4. The van der Waals surface area contributed by atoms with E-state index in [1.165, 1.54) is 5.32 Å². The van der Waals surface area contributed by atoms with Gasteiger partial charge in [0, 0.05) is 43.2 Å². The van der Waals surface area contributed by atoms with Crippen LogP contribution in [0.25, 0.3) is 5.57 Å². The topological polar surface area (TPSA) is 194 Å². The van der Waals surface area contributed by atoms with Gasteiger partial charge < -0.3 is 41.3 Å². The van der Waals surface area contributed by atoms with Crippen LogP contribution in [0.4, 0.5) is 53.5 Å². The van der Waals surface area contributed by atoms with Crippen LogP contribution in [0.3, 0.4) is 0 Å². The predicted molar refractivity (Wildman–Crippen MR) is 168 cm³/mol. The van der Waals surface area contributed by atoms with E-state index in [2.05, 4.69) is 9.47 Å². The number of aliphatic hydroxyl groups excluding tert-OH is 1. The second-order valence-corrected chi connectivity index (χ2v) is 12.5. The first-order valence-electron chi connectivity index (χ1n) is 15.2. The van der Waals surface area contributed by atoms with Gasteiger partial charge >= 0.3 is 31.1 Å². The van der Waals surface area contributed by atoms with Crippen molar-refractivity contribution in [2.75, 3.05) is 27.3 Å². The minimum atomic E-state index is -5.18. The number of rotatable bonds is 17. The lowest BCUT2D eigenvalue weighted by atomic mass is 9.83. The standard InChI is InChI=1S/C30H39F10N7O7/c1-27(2,29(35,36)37)20(44-25(51)53-5)22(49)42-11-16(48)12-47(46-23(50)21(45-26(52)54-6)28(3,4)30(38,39)40)13-17-18(31)7-14(8-19(17)32)15(9-41)10-43-24(33)34/h7-10,16,20-21,24,41,43,48H,11-13H2,1-6H3,(H,42,49)(H,44,51)(H,45,52)(H,46,50)/b15-10+,41-9?/t16-,20?,21-/m1/s1. The molecular formula is C30H39F10N7O7. The third-order valence-corrected chi connectivity index (χ3v) is 7.88. The molecule has 0 saturated heterocycles. The lowest BCUT2D eigenvalue weighted by molar-refractivity contribution is -0.221. The molecule has 1 rings (SSSR count). The summed E-state index contributed by atoms with van der Waals surface area (Å²) in [5.74, 6) is -6.11. The molecule has 54 heavy (non-hydrogen) atoms. The Hall–Kier alpha value is -4.87. The van der Waals surface area contributed by atoms with E-state index in [0.29, 0.717) is 57.3 Å². The zero-order valence-electron chi connectivity index (χ0n) is 29.4. The van der Waals surface area contributed by atoms with E-state index in [9.17, 15) is 59.4 Å². The Morgan fingerprint density at radius 1 is 0.852 bits per heavy atom. The van der Waals surface area contributed by atoms with Gasteiger partial charge in [0.15, 0.2) is 0 Å². The van der Waals surface area contributed by atoms with Crippen molar-refractivity contribution >= 4 is 35.8 Å². The Labute approximate surface area is 301 Å². The van der Waals surface area contributed by atoms with E-state index in [1.54, 1.807) is 10.6 Å². The quantitative estimate of drug-likeness (QED) is 0.0533. The maximum absolute atomic E-state index is 15.3. The molecule has 0 heterocycles. The van der Waals surface area contributed by atoms with Crippen molar-refractivity contribution in [3.05, 3.63) is 41.1 Å². The molecule has 0 fully saturated rings. The van der Waals surface area contributed by atoms with Crippen molar-refractivity contribution in [2.45, 2.75) is 71.3 Å². The van der Waals surface area contributed by atoms with Crippen molar-refractivity contribution in [1.82, 2.24) is 31.7 Å². The minimum absolute atomic E-state index is 0.434. The van der Waals surface area contributed by atoms with Crippen LogP contribution in [-0.2, 0) is 25.6 Å². The van der Waals surface area contributed by atoms with Gasteiger partial charge in [-0.1, -0.05) is 0 Å². The van der Waals surface area contributed by atoms with E-state index < -0.39 is 120 Å². The number of nitrogens with zero attached hydrogens (tertiary/aromatic N) is 1. The Bertz CT molecular complexity index is 1520. The molecule has 0 aliphatic heterocycles. The molecule has 4 amide bonds. The van der Waals surface area contributed by atoms with Crippen molar-refractivity contribution in [1.29, 1.82) is 5.41 Å². The zero-order chi connectivity index (χ0) is 42.0. The minimum Gasteiger partial charge on any atom is -0.453 e. The van der Waals surface area contributed by atoms with Crippen LogP contribution in [0.5, 0.6) is 0 Å². The van der Waals surface area contributed by atoms with Crippen LogP contribution in [0, 0.1) is 27.9 Å². The lowest BCUT2D eigenvalue weighted by Gasteiger charge is -2.37. The van der Waals surface area contributed by atoms with Crippen LogP contribution >= 0.6 is 0 Å². The fourth-order valence-corrected chi connectivity index (χ4v) is 4.31. The third kappa shape index (κ3) is 12.6. The molecular weight excluding hydrogens is 760 g/mol. The van der Waals surface area contributed by atoms with Gasteiger partial charge in [-0.05, 0) is 45.4 Å². The summed E-state index contributed by atoms with van der Waals surface area (Å²) in [5, 5.41) is 25.4. The summed E-state index contributed by atoms with van der Waals surface area (Å²) < 4.78 is 148. The maximum atomic E-state index is 15.3. The monoisotopic (exact) mass is 799 g/mol. The molecule has 0 aliphatic rings. The van der Waals surface area contributed by atoms with Crippen LogP contribution < -0.4 is 26.7 Å². The molecule has 0 aromatic heterocycles. The van der Waals surface area contributed by atoms with Gasteiger partial charge in [0.05, 0.1) is 31.2 Å². The molecule has 0 bridgehead atoms. The summed E-state index contributed by atoms with van der Waals surface area (Å²) in [6, 6.07) is -3.73. The predicted octanol–water partition coefficient (Wildman–Crippen LogP) is 3.70. The first kappa shape index (κ1) is 47.2. The number of nitrogens with one attached hydrogen (secondary N) is 6. The van der Waals surface area contributed by atoms with Crippen molar-refractivity contribution < 1.29 is 77.7 Å². The highest BCUT2D eigenvalue weighted by molar-refractivity contribution is 6.08. The van der Waals surface area contributed by atoms with E-state index in [1.807, 2.05) is 10.7 Å². The summed E-state index contributed by atoms with van der Waals surface area (Å²) in [6.45, 7) is -4.14. The molecule has 24 heteroatoms. The van der Waals surface area contributed by atoms with E-state index in [-0.39, 0.29) is 0 Å². The van der Waals surface area contributed by atoms with E-state index in [0.717, 1.165) is 14.2 Å². The molecule has 3 atom stereocenters. The first-order valence-corrected chi connectivity index (χ1v) is 15.2. The number of allylic oxidation sites excluding steroid dienone is 1. The summed E-state index contributed by atoms with van der Waals surface area (Å²) >= 11 is 0. The highest BCUT2D eigenvalue weighted by Crippen LogP contribution is 2.41. The van der Waals surface area contributed by atoms with Crippen LogP contribution in [0.2, 0.25) is 0 Å². The van der Waals surface area contributed by atoms with Crippen LogP contribution in [0.15, 0.2) is 18.3 Å². The number of hydrazine groups is 1.